The molecule has 2 atom stereocenters. The molecule has 4 nitrogen and oxygen atoms in total. The number of piperidine rings is 1. The summed E-state index contributed by atoms with van der Waals surface area (Å²) in [4.78, 5) is 10.4. The number of carboxylic acid groups (broad SMARTS) is 1. The second-order valence-corrected chi connectivity index (χ2v) is 2.97. The van der Waals surface area contributed by atoms with Gasteiger partial charge in [0.25, 0.3) is 0 Å². The number of carbonyl (C=O) groups is 1. The van der Waals surface area contributed by atoms with Crippen LogP contribution in [-0.2, 0) is 4.79 Å². The average Bonchev–Trinajstić information content (AvgIpc) is 2.05. The van der Waals surface area contributed by atoms with Crippen LogP contribution in [-0.4, -0.2) is 30.2 Å². The van der Waals surface area contributed by atoms with Crippen molar-refractivity contribution in [3.05, 3.63) is 0 Å². The van der Waals surface area contributed by atoms with Gasteiger partial charge in [0.15, 0.2) is 0 Å². The highest BCUT2D eigenvalue weighted by atomic mass is 16.4. The Kier molecular flexibility index (Phi) is 2.84. The quantitative estimate of drug-likeness (QED) is 0.501. The zero-order chi connectivity index (χ0) is 8.27. The zero-order valence-electron chi connectivity index (χ0n) is 6.42. The van der Waals surface area contributed by atoms with E-state index in [9.17, 15) is 4.79 Å². The Morgan fingerprint density at radius 2 is 2.45 bits per heavy atom. The van der Waals surface area contributed by atoms with Crippen LogP contribution in [0.25, 0.3) is 0 Å². The first-order chi connectivity index (χ1) is 5.22. The van der Waals surface area contributed by atoms with Gasteiger partial charge in [-0.25, -0.2) is 0 Å². The maximum absolute atomic E-state index is 10.4. The van der Waals surface area contributed by atoms with Crippen molar-refractivity contribution in [2.75, 3.05) is 13.1 Å². The lowest BCUT2D eigenvalue weighted by Crippen LogP contribution is -2.45. The summed E-state index contributed by atoms with van der Waals surface area (Å²) in [7, 11) is 0. The number of nitrogens with two attached hydrogens (primary N) is 1. The van der Waals surface area contributed by atoms with Gasteiger partial charge in [0.05, 0.1) is 0 Å². The second-order valence-electron chi connectivity index (χ2n) is 2.97. The summed E-state index contributed by atoms with van der Waals surface area (Å²) in [5, 5.41) is 11.7. The van der Waals surface area contributed by atoms with E-state index in [1.54, 1.807) is 0 Å². The topological polar surface area (TPSA) is 75.4 Å². The zero-order valence-corrected chi connectivity index (χ0v) is 6.42. The fourth-order valence-corrected chi connectivity index (χ4v) is 1.39. The number of carboxylic acids is 1. The van der Waals surface area contributed by atoms with Gasteiger partial charge in [0.1, 0.15) is 6.04 Å². The molecule has 0 aromatic carbocycles. The van der Waals surface area contributed by atoms with E-state index in [4.69, 9.17) is 10.8 Å². The van der Waals surface area contributed by atoms with E-state index >= 15 is 0 Å². The summed E-state index contributed by atoms with van der Waals surface area (Å²) < 4.78 is 0. The van der Waals surface area contributed by atoms with E-state index in [2.05, 4.69) is 5.32 Å². The standard InChI is InChI=1S/C7H14N2O2/c8-6(7(10)11)5-2-1-3-9-4-5/h5-6,9H,1-4,8H2,(H,10,11)/t5?,6-/m0/s1. The monoisotopic (exact) mass is 158 g/mol. The molecule has 0 aromatic heterocycles. The Morgan fingerprint density at radius 1 is 1.73 bits per heavy atom. The van der Waals surface area contributed by atoms with Crippen molar-refractivity contribution in [3.63, 3.8) is 0 Å². The number of hydrogen-bond donors (Lipinski definition) is 3. The van der Waals surface area contributed by atoms with Gasteiger partial charge in [-0.3, -0.25) is 4.79 Å². The number of aliphatic carboxylic acids is 1. The molecule has 1 aliphatic rings. The van der Waals surface area contributed by atoms with Crippen LogP contribution >= 0.6 is 0 Å². The molecule has 1 heterocycles. The molecule has 11 heavy (non-hydrogen) atoms. The first-order valence-electron chi connectivity index (χ1n) is 3.91. The van der Waals surface area contributed by atoms with Crippen molar-refractivity contribution >= 4 is 5.97 Å². The molecule has 64 valence electrons. The molecule has 0 aromatic rings. The molecule has 1 rings (SSSR count). The number of hydrogen-bond acceptors (Lipinski definition) is 3. The Labute approximate surface area is 65.8 Å². The van der Waals surface area contributed by atoms with Gasteiger partial charge in [-0.1, -0.05) is 0 Å². The van der Waals surface area contributed by atoms with E-state index < -0.39 is 12.0 Å². The SMILES string of the molecule is N[C@H](C(=O)O)C1CCCNC1. The van der Waals surface area contributed by atoms with E-state index in [0.29, 0.717) is 0 Å². The Hall–Kier alpha value is -0.610. The predicted molar refractivity (Wildman–Crippen MR) is 41.2 cm³/mol. The lowest BCUT2D eigenvalue weighted by atomic mass is 9.92. The van der Waals surface area contributed by atoms with Gasteiger partial charge in [-0.15, -0.1) is 0 Å². The van der Waals surface area contributed by atoms with Crippen LogP contribution in [0, 0.1) is 5.92 Å². The molecule has 0 amide bonds. The van der Waals surface area contributed by atoms with Crippen molar-refractivity contribution in [1.82, 2.24) is 5.32 Å². The van der Waals surface area contributed by atoms with Crippen molar-refractivity contribution in [1.29, 1.82) is 0 Å². The van der Waals surface area contributed by atoms with E-state index in [0.717, 1.165) is 25.9 Å². The van der Waals surface area contributed by atoms with Gasteiger partial charge in [0.2, 0.25) is 0 Å². The summed E-state index contributed by atoms with van der Waals surface area (Å²) in [6, 6.07) is -0.692. The van der Waals surface area contributed by atoms with Gasteiger partial charge in [0, 0.05) is 6.54 Å². The average molecular weight is 158 g/mol. The Balaban J connectivity index is 2.38. The van der Waals surface area contributed by atoms with Crippen molar-refractivity contribution in [2.24, 2.45) is 11.7 Å². The molecule has 0 aliphatic carbocycles. The Bertz CT molecular complexity index is 143. The fraction of sp³-hybridized carbons (Fsp3) is 0.857. The first-order valence-corrected chi connectivity index (χ1v) is 3.91. The number of nitrogens with one attached hydrogen (secondary N) is 1. The van der Waals surface area contributed by atoms with E-state index in [1.165, 1.54) is 0 Å². The minimum Gasteiger partial charge on any atom is -0.480 e. The van der Waals surface area contributed by atoms with Gasteiger partial charge >= 0.3 is 5.97 Å². The lowest BCUT2D eigenvalue weighted by molar-refractivity contribution is -0.140. The molecule has 1 saturated heterocycles. The van der Waals surface area contributed by atoms with E-state index in [-0.39, 0.29) is 5.92 Å². The van der Waals surface area contributed by atoms with Crippen LogP contribution in [0.2, 0.25) is 0 Å². The molecular weight excluding hydrogens is 144 g/mol. The fourth-order valence-electron chi connectivity index (χ4n) is 1.39. The molecule has 1 fully saturated rings. The van der Waals surface area contributed by atoms with Crippen LogP contribution in [0.5, 0.6) is 0 Å². The van der Waals surface area contributed by atoms with Crippen LogP contribution in [0.3, 0.4) is 0 Å². The molecule has 1 unspecified atom stereocenters. The molecule has 4 heteroatoms. The maximum atomic E-state index is 10.4. The highest BCUT2D eigenvalue weighted by Crippen LogP contribution is 2.12. The van der Waals surface area contributed by atoms with E-state index in [1.807, 2.05) is 0 Å². The van der Waals surface area contributed by atoms with Crippen molar-refractivity contribution in [2.45, 2.75) is 18.9 Å². The van der Waals surface area contributed by atoms with Crippen LogP contribution in [0.4, 0.5) is 0 Å². The molecule has 0 radical (unpaired) electrons. The third kappa shape index (κ3) is 2.17. The highest BCUT2D eigenvalue weighted by Gasteiger charge is 2.25. The molecule has 0 bridgehead atoms. The van der Waals surface area contributed by atoms with Crippen molar-refractivity contribution < 1.29 is 9.90 Å². The highest BCUT2D eigenvalue weighted by molar-refractivity contribution is 5.73. The van der Waals surface area contributed by atoms with Gasteiger partial charge < -0.3 is 16.2 Å². The molecule has 4 N–H and O–H groups in total. The summed E-state index contributed by atoms with van der Waals surface area (Å²) in [6.45, 7) is 1.73. The maximum Gasteiger partial charge on any atom is 0.320 e. The lowest BCUT2D eigenvalue weighted by Gasteiger charge is -2.25. The largest absolute Gasteiger partial charge is 0.480 e. The molecular formula is C7H14N2O2. The van der Waals surface area contributed by atoms with Crippen LogP contribution < -0.4 is 11.1 Å². The Morgan fingerprint density at radius 3 is 2.91 bits per heavy atom. The van der Waals surface area contributed by atoms with Crippen LogP contribution in [0.15, 0.2) is 0 Å². The number of rotatable bonds is 2. The normalized spacial score (nSPS) is 27.9. The summed E-state index contributed by atoms with van der Waals surface area (Å²) in [6.07, 6.45) is 1.96. The summed E-state index contributed by atoms with van der Waals surface area (Å²) >= 11 is 0. The third-order valence-electron chi connectivity index (χ3n) is 2.13. The van der Waals surface area contributed by atoms with Gasteiger partial charge in [-0.2, -0.15) is 0 Å². The minimum absolute atomic E-state index is 0.112. The smallest absolute Gasteiger partial charge is 0.320 e. The summed E-state index contributed by atoms with van der Waals surface area (Å²) in [5.41, 5.74) is 5.45. The first kappa shape index (κ1) is 8.49. The predicted octanol–water partition coefficient (Wildman–Crippen LogP) is -0.602. The molecule has 0 spiro atoms. The second kappa shape index (κ2) is 3.69. The minimum atomic E-state index is -0.890. The molecule has 0 saturated carbocycles. The van der Waals surface area contributed by atoms with Crippen LogP contribution in [0.1, 0.15) is 12.8 Å². The van der Waals surface area contributed by atoms with Crippen molar-refractivity contribution in [3.8, 4) is 0 Å². The third-order valence-corrected chi connectivity index (χ3v) is 2.13. The van der Waals surface area contributed by atoms with Gasteiger partial charge in [-0.05, 0) is 25.3 Å². The molecule has 1 aliphatic heterocycles. The summed E-state index contributed by atoms with van der Waals surface area (Å²) in [5.74, 6) is -0.778.